The lowest BCUT2D eigenvalue weighted by Crippen LogP contribution is -2.23. The molecule has 1 N–H and O–H groups in total. The first-order valence-electron chi connectivity index (χ1n) is 6.89. The molecule has 0 saturated heterocycles. The van der Waals surface area contributed by atoms with Crippen molar-refractivity contribution < 1.29 is 8.81 Å². The van der Waals surface area contributed by atoms with Crippen LogP contribution in [-0.2, 0) is 12.8 Å². The molecule has 0 aliphatic carbocycles. The van der Waals surface area contributed by atoms with E-state index in [9.17, 15) is 4.39 Å². The van der Waals surface area contributed by atoms with Crippen molar-refractivity contribution in [2.24, 2.45) is 0 Å². The molecule has 0 spiro atoms. The molecule has 20 heavy (non-hydrogen) atoms. The lowest BCUT2D eigenvalue weighted by molar-refractivity contribution is 0.482. The summed E-state index contributed by atoms with van der Waals surface area (Å²) in [5.41, 5.74) is 1.71. The Hall–Kier alpha value is -1.32. The number of likely N-dealkylation sites (N-methyl/N-ethyl adjacent to an activating group) is 1. The molecule has 0 radical (unpaired) electrons. The van der Waals surface area contributed by atoms with Gasteiger partial charge in [-0.25, -0.2) is 4.39 Å². The number of nitrogens with one attached hydrogen (secondary N) is 1. The topological polar surface area (TPSA) is 25.2 Å². The van der Waals surface area contributed by atoms with E-state index >= 15 is 0 Å². The molecule has 2 nitrogen and oxygen atoms in total. The number of hydrogen-bond donors (Lipinski definition) is 1. The Kier molecular flexibility index (Phi) is 5.21. The smallest absolute Gasteiger partial charge is 0.145 e. The van der Waals surface area contributed by atoms with Crippen molar-refractivity contribution in [2.45, 2.75) is 32.7 Å². The summed E-state index contributed by atoms with van der Waals surface area (Å²) in [5, 5.41) is 3.55. The molecule has 1 aromatic carbocycles. The summed E-state index contributed by atoms with van der Waals surface area (Å²) in [6.07, 6.45) is 3.06. The third kappa shape index (κ3) is 3.22. The molecular weight excluding hydrogens is 277 g/mol. The van der Waals surface area contributed by atoms with Gasteiger partial charge in [0.25, 0.3) is 0 Å². The van der Waals surface area contributed by atoms with E-state index in [2.05, 4.69) is 5.32 Å². The van der Waals surface area contributed by atoms with Crippen LogP contribution in [0, 0.1) is 5.82 Å². The van der Waals surface area contributed by atoms with Crippen molar-refractivity contribution in [1.29, 1.82) is 0 Å². The van der Waals surface area contributed by atoms with Gasteiger partial charge in [0.1, 0.15) is 11.6 Å². The van der Waals surface area contributed by atoms with Crippen molar-refractivity contribution in [3.8, 4) is 0 Å². The molecule has 2 aromatic rings. The summed E-state index contributed by atoms with van der Waals surface area (Å²) in [6.45, 7) is 4.89. The van der Waals surface area contributed by atoms with Gasteiger partial charge in [-0.05, 0) is 30.7 Å². The highest BCUT2D eigenvalue weighted by molar-refractivity contribution is 6.30. The van der Waals surface area contributed by atoms with Gasteiger partial charge in [0.05, 0.1) is 11.3 Å². The average molecular weight is 296 g/mol. The van der Waals surface area contributed by atoms with Crippen LogP contribution in [0.15, 0.2) is 34.9 Å². The first-order chi connectivity index (χ1) is 9.67. The SMILES string of the molecule is CCNC(Cc1cccc(Cl)c1F)c1ccoc1CC. The minimum absolute atomic E-state index is 0.0293. The quantitative estimate of drug-likeness (QED) is 0.847. The van der Waals surface area contributed by atoms with E-state index in [-0.39, 0.29) is 16.9 Å². The summed E-state index contributed by atoms with van der Waals surface area (Å²) in [7, 11) is 0. The second-order valence-electron chi connectivity index (χ2n) is 4.68. The standard InChI is InChI=1S/C16H19ClFNO/c1-3-15-12(8-9-20-15)14(19-4-2)10-11-6-5-7-13(17)16(11)18/h5-9,14,19H,3-4,10H2,1-2H3. The molecule has 0 amide bonds. The number of hydrogen-bond acceptors (Lipinski definition) is 2. The van der Waals surface area contributed by atoms with E-state index < -0.39 is 0 Å². The predicted molar refractivity (Wildman–Crippen MR) is 79.6 cm³/mol. The van der Waals surface area contributed by atoms with Gasteiger partial charge < -0.3 is 9.73 Å². The van der Waals surface area contributed by atoms with E-state index in [0.717, 1.165) is 24.3 Å². The zero-order valence-corrected chi connectivity index (χ0v) is 12.5. The van der Waals surface area contributed by atoms with Crippen molar-refractivity contribution in [1.82, 2.24) is 5.32 Å². The van der Waals surface area contributed by atoms with Gasteiger partial charge in [-0.15, -0.1) is 0 Å². The third-order valence-electron chi connectivity index (χ3n) is 3.38. The maximum atomic E-state index is 14.0. The van der Waals surface area contributed by atoms with E-state index in [1.165, 1.54) is 0 Å². The number of furan rings is 1. The second-order valence-corrected chi connectivity index (χ2v) is 5.09. The molecule has 0 fully saturated rings. The summed E-state index contributed by atoms with van der Waals surface area (Å²) in [4.78, 5) is 0. The summed E-state index contributed by atoms with van der Waals surface area (Å²) in [6, 6.07) is 7.10. The number of benzene rings is 1. The van der Waals surface area contributed by atoms with Gasteiger partial charge in [-0.2, -0.15) is 0 Å². The van der Waals surface area contributed by atoms with Crippen LogP contribution in [-0.4, -0.2) is 6.54 Å². The molecule has 0 aliphatic rings. The number of rotatable bonds is 6. The Balaban J connectivity index is 2.28. The molecule has 0 saturated carbocycles. The summed E-state index contributed by atoms with van der Waals surface area (Å²) in [5.74, 6) is 0.608. The van der Waals surface area contributed by atoms with Crippen LogP contribution in [0.4, 0.5) is 4.39 Å². The van der Waals surface area contributed by atoms with Crippen LogP contribution in [0.1, 0.15) is 36.8 Å². The number of aryl methyl sites for hydroxylation is 1. The minimum Gasteiger partial charge on any atom is -0.469 e. The largest absolute Gasteiger partial charge is 0.469 e. The van der Waals surface area contributed by atoms with Crippen LogP contribution in [0.2, 0.25) is 5.02 Å². The maximum Gasteiger partial charge on any atom is 0.145 e. The molecule has 0 aliphatic heterocycles. The van der Waals surface area contributed by atoms with Crippen LogP contribution in [0.3, 0.4) is 0 Å². The molecule has 4 heteroatoms. The highest BCUT2D eigenvalue weighted by Gasteiger charge is 2.19. The lowest BCUT2D eigenvalue weighted by Gasteiger charge is -2.18. The predicted octanol–water partition coefficient (Wildman–Crippen LogP) is 4.53. The van der Waals surface area contributed by atoms with Gasteiger partial charge >= 0.3 is 0 Å². The van der Waals surface area contributed by atoms with E-state index in [1.807, 2.05) is 19.9 Å². The Morgan fingerprint density at radius 3 is 2.80 bits per heavy atom. The fourth-order valence-electron chi connectivity index (χ4n) is 2.41. The summed E-state index contributed by atoms with van der Waals surface area (Å²) >= 11 is 5.84. The first-order valence-corrected chi connectivity index (χ1v) is 7.27. The lowest BCUT2D eigenvalue weighted by atomic mass is 9.98. The van der Waals surface area contributed by atoms with Gasteiger partial charge in [0.2, 0.25) is 0 Å². The van der Waals surface area contributed by atoms with Crippen molar-refractivity contribution in [2.75, 3.05) is 6.54 Å². The Labute approximate surface area is 123 Å². The monoisotopic (exact) mass is 295 g/mol. The van der Waals surface area contributed by atoms with Gasteiger partial charge in [0, 0.05) is 18.0 Å². The first kappa shape index (κ1) is 15.1. The van der Waals surface area contributed by atoms with Crippen LogP contribution >= 0.6 is 11.6 Å². The zero-order valence-electron chi connectivity index (χ0n) is 11.7. The van der Waals surface area contributed by atoms with Gasteiger partial charge in [-0.3, -0.25) is 0 Å². The minimum atomic E-state index is -0.335. The molecule has 1 heterocycles. The molecule has 0 bridgehead atoms. The van der Waals surface area contributed by atoms with Gasteiger partial charge in [-0.1, -0.05) is 37.6 Å². The van der Waals surface area contributed by atoms with Crippen LogP contribution in [0.5, 0.6) is 0 Å². The van der Waals surface area contributed by atoms with E-state index in [1.54, 1.807) is 24.5 Å². The highest BCUT2D eigenvalue weighted by Crippen LogP contribution is 2.26. The third-order valence-corrected chi connectivity index (χ3v) is 3.67. The summed E-state index contributed by atoms with van der Waals surface area (Å²) < 4.78 is 19.5. The highest BCUT2D eigenvalue weighted by atomic mass is 35.5. The van der Waals surface area contributed by atoms with Crippen LogP contribution in [0.25, 0.3) is 0 Å². The molecule has 1 aromatic heterocycles. The molecule has 1 unspecified atom stereocenters. The zero-order chi connectivity index (χ0) is 14.5. The Bertz CT molecular complexity index is 567. The van der Waals surface area contributed by atoms with Crippen molar-refractivity contribution in [3.05, 3.63) is 58.3 Å². The van der Waals surface area contributed by atoms with E-state index in [0.29, 0.717) is 12.0 Å². The Morgan fingerprint density at radius 1 is 1.30 bits per heavy atom. The van der Waals surface area contributed by atoms with Crippen LogP contribution < -0.4 is 5.32 Å². The Morgan fingerprint density at radius 2 is 2.10 bits per heavy atom. The normalized spacial score (nSPS) is 12.6. The van der Waals surface area contributed by atoms with Gasteiger partial charge in [0.15, 0.2) is 0 Å². The average Bonchev–Trinajstić information content (AvgIpc) is 2.91. The van der Waals surface area contributed by atoms with Crippen molar-refractivity contribution >= 4 is 11.6 Å². The number of halogens is 2. The molecule has 2 rings (SSSR count). The van der Waals surface area contributed by atoms with Crippen molar-refractivity contribution in [3.63, 3.8) is 0 Å². The second kappa shape index (κ2) is 6.91. The molecule has 1 atom stereocenters. The fraction of sp³-hybridized carbons (Fsp3) is 0.375. The fourth-order valence-corrected chi connectivity index (χ4v) is 2.61. The molecule has 108 valence electrons. The molecular formula is C16H19ClFNO. The van der Waals surface area contributed by atoms with E-state index in [4.69, 9.17) is 16.0 Å². The maximum absolute atomic E-state index is 14.0.